The molecule has 3 nitrogen and oxygen atoms in total. The van der Waals surface area contributed by atoms with Crippen molar-refractivity contribution < 1.29 is 13.9 Å². The van der Waals surface area contributed by atoms with Crippen molar-refractivity contribution in [1.29, 1.82) is 0 Å². The molecule has 20 heavy (non-hydrogen) atoms. The first-order valence-corrected chi connectivity index (χ1v) is 6.99. The molecule has 2 atom stereocenters. The van der Waals surface area contributed by atoms with E-state index in [1.165, 1.54) is 12.7 Å². The maximum atomic E-state index is 13.7. The number of nitrogens with zero attached hydrogens (tertiary/aromatic N) is 1. The van der Waals surface area contributed by atoms with E-state index < -0.39 is 0 Å². The second kappa shape index (κ2) is 5.54. The Kier molecular flexibility index (Phi) is 3.76. The molecule has 2 aliphatic heterocycles. The number of likely N-dealkylation sites (N-methyl/N-ethyl adjacent to an activating group) is 1. The van der Waals surface area contributed by atoms with E-state index in [0.717, 1.165) is 31.6 Å². The molecule has 1 aromatic carbocycles. The molecule has 2 aliphatic rings. The molecule has 4 heteroatoms. The van der Waals surface area contributed by atoms with Crippen LogP contribution in [-0.2, 0) is 11.2 Å². The van der Waals surface area contributed by atoms with Gasteiger partial charge in [0.1, 0.15) is 0 Å². The van der Waals surface area contributed by atoms with Crippen molar-refractivity contribution in [2.24, 2.45) is 0 Å². The Hall–Kier alpha value is -1.39. The molecule has 0 radical (unpaired) electrons. The van der Waals surface area contributed by atoms with Gasteiger partial charge in [0.05, 0.1) is 26.4 Å². The number of benzene rings is 1. The highest BCUT2D eigenvalue weighted by atomic mass is 19.1. The molecule has 0 aromatic heterocycles. The second-order valence-electron chi connectivity index (χ2n) is 5.60. The molecule has 1 aromatic rings. The Labute approximate surface area is 119 Å². The molecule has 3 rings (SSSR count). The molecule has 0 N–H and O–H groups in total. The summed E-state index contributed by atoms with van der Waals surface area (Å²) in [5, 5.41) is 0. The summed E-state index contributed by atoms with van der Waals surface area (Å²) in [6.07, 6.45) is 4.08. The van der Waals surface area contributed by atoms with Crippen molar-refractivity contribution in [3.8, 4) is 5.75 Å². The Morgan fingerprint density at radius 1 is 1.40 bits per heavy atom. The molecule has 1 fully saturated rings. The van der Waals surface area contributed by atoms with Gasteiger partial charge in [-0.2, -0.15) is 0 Å². The van der Waals surface area contributed by atoms with E-state index in [9.17, 15) is 4.39 Å². The molecule has 2 heterocycles. The van der Waals surface area contributed by atoms with Gasteiger partial charge in [-0.05, 0) is 37.6 Å². The standard InChI is InChI=1S/C16H20FNO2/c1-18-13-6-12(7-14(18)10-20-9-13)5-11-3-4-16(19-2)15(17)8-11/h3-4,6,8,13-14H,5,7,9-10H2,1-2H3. The van der Waals surface area contributed by atoms with E-state index in [1.54, 1.807) is 12.1 Å². The summed E-state index contributed by atoms with van der Waals surface area (Å²) in [6.45, 7) is 1.55. The SMILES string of the molecule is COc1ccc(CC2=CC3COCC(C2)N3C)cc1F. The van der Waals surface area contributed by atoms with Crippen LogP contribution in [0.1, 0.15) is 12.0 Å². The predicted octanol–water partition coefficient (Wildman–Crippen LogP) is 2.41. The molecule has 108 valence electrons. The predicted molar refractivity (Wildman–Crippen MR) is 75.5 cm³/mol. The zero-order valence-electron chi connectivity index (χ0n) is 11.9. The lowest BCUT2D eigenvalue weighted by atomic mass is 9.91. The fraction of sp³-hybridized carbons (Fsp3) is 0.500. The maximum Gasteiger partial charge on any atom is 0.165 e. The summed E-state index contributed by atoms with van der Waals surface area (Å²) in [6, 6.07) is 6.03. The van der Waals surface area contributed by atoms with Gasteiger partial charge in [-0.25, -0.2) is 4.39 Å². The first-order valence-electron chi connectivity index (χ1n) is 6.99. The quantitative estimate of drug-likeness (QED) is 0.792. The minimum Gasteiger partial charge on any atom is -0.494 e. The van der Waals surface area contributed by atoms with Gasteiger partial charge < -0.3 is 9.47 Å². The second-order valence-corrected chi connectivity index (χ2v) is 5.60. The van der Waals surface area contributed by atoms with Gasteiger partial charge in [0.15, 0.2) is 11.6 Å². The highest BCUT2D eigenvalue weighted by Gasteiger charge is 2.31. The number of rotatable bonds is 3. The van der Waals surface area contributed by atoms with Crippen LogP contribution in [0.15, 0.2) is 29.8 Å². The van der Waals surface area contributed by atoms with Crippen LogP contribution >= 0.6 is 0 Å². The Bertz CT molecular complexity index is 529. The van der Waals surface area contributed by atoms with Crippen LogP contribution in [0.25, 0.3) is 0 Å². The third-order valence-electron chi connectivity index (χ3n) is 4.27. The van der Waals surface area contributed by atoms with Crippen LogP contribution in [0.4, 0.5) is 4.39 Å². The molecule has 0 spiro atoms. The molecule has 0 aliphatic carbocycles. The molecular weight excluding hydrogens is 257 g/mol. The average Bonchev–Trinajstić information content (AvgIpc) is 2.40. The van der Waals surface area contributed by atoms with Crippen molar-refractivity contribution in [3.63, 3.8) is 0 Å². The van der Waals surface area contributed by atoms with Crippen molar-refractivity contribution >= 4 is 0 Å². The van der Waals surface area contributed by atoms with Gasteiger partial charge in [-0.1, -0.05) is 17.7 Å². The fourth-order valence-electron chi connectivity index (χ4n) is 3.06. The van der Waals surface area contributed by atoms with E-state index >= 15 is 0 Å². The van der Waals surface area contributed by atoms with Gasteiger partial charge in [0.25, 0.3) is 0 Å². The highest BCUT2D eigenvalue weighted by Crippen LogP contribution is 2.28. The number of methoxy groups -OCH3 is 1. The molecule has 0 saturated carbocycles. The van der Waals surface area contributed by atoms with Crippen LogP contribution in [0.5, 0.6) is 5.75 Å². The topological polar surface area (TPSA) is 21.7 Å². The van der Waals surface area contributed by atoms with E-state index in [0.29, 0.717) is 17.8 Å². The molecule has 2 unspecified atom stereocenters. The largest absolute Gasteiger partial charge is 0.494 e. The third kappa shape index (κ3) is 2.58. The van der Waals surface area contributed by atoms with Crippen molar-refractivity contribution in [1.82, 2.24) is 4.90 Å². The van der Waals surface area contributed by atoms with Crippen LogP contribution in [0.3, 0.4) is 0 Å². The zero-order chi connectivity index (χ0) is 14.1. The summed E-state index contributed by atoms with van der Waals surface area (Å²) < 4.78 is 24.3. The van der Waals surface area contributed by atoms with Gasteiger partial charge in [-0.3, -0.25) is 4.90 Å². The van der Waals surface area contributed by atoms with Crippen LogP contribution in [0.2, 0.25) is 0 Å². The Balaban J connectivity index is 1.76. The first kappa shape index (κ1) is 13.6. The minimum atomic E-state index is -0.290. The van der Waals surface area contributed by atoms with E-state index in [2.05, 4.69) is 18.0 Å². The third-order valence-corrected chi connectivity index (χ3v) is 4.27. The summed E-state index contributed by atoms with van der Waals surface area (Å²) in [7, 11) is 3.64. The molecule has 1 saturated heterocycles. The van der Waals surface area contributed by atoms with Crippen molar-refractivity contribution in [3.05, 3.63) is 41.2 Å². The van der Waals surface area contributed by atoms with Crippen molar-refractivity contribution in [2.75, 3.05) is 27.4 Å². The number of hydrogen-bond acceptors (Lipinski definition) is 3. The van der Waals surface area contributed by atoms with E-state index in [1.807, 2.05) is 6.07 Å². The van der Waals surface area contributed by atoms with Gasteiger partial charge in [0.2, 0.25) is 0 Å². The van der Waals surface area contributed by atoms with Gasteiger partial charge in [-0.15, -0.1) is 0 Å². The number of fused-ring (bicyclic) bond motifs is 2. The Morgan fingerprint density at radius 3 is 2.95 bits per heavy atom. The number of morpholine rings is 1. The molecule has 0 amide bonds. The lowest BCUT2D eigenvalue weighted by Gasteiger charge is -2.42. The minimum absolute atomic E-state index is 0.290. The van der Waals surface area contributed by atoms with Crippen LogP contribution in [-0.4, -0.2) is 44.4 Å². The maximum absolute atomic E-state index is 13.7. The first-order chi connectivity index (χ1) is 9.67. The summed E-state index contributed by atoms with van der Waals surface area (Å²) in [4.78, 5) is 2.38. The number of hydrogen-bond donors (Lipinski definition) is 0. The van der Waals surface area contributed by atoms with Crippen molar-refractivity contribution in [2.45, 2.75) is 24.9 Å². The summed E-state index contributed by atoms with van der Waals surface area (Å²) in [5.74, 6) is 0.0124. The number of halogens is 1. The smallest absolute Gasteiger partial charge is 0.165 e. The summed E-state index contributed by atoms with van der Waals surface area (Å²) >= 11 is 0. The zero-order valence-corrected chi connectivity index (χ0v) is 11.9. The highest BCUT2D eigenvalue weighted by molar-refractivity contribution is 5.32. The monoisotopic (exact) mass is 277 g/mol. The molecular formula is C16H20FNO2. The summed E-state index contributed by atoms with van der Waals surface area (Å²) in [5.41, 5.74) is 2.38. The van der Waals surface area contributed by atoms with Gasteiger partial charge >= 0.3 is 0 Å². The average molecular weight is 277 g/mol. The van der Waals surface area contributed by atoms with Gasteiger partial charge in [0, 0.05) is 6.04 Å². The van der Waals surface area contributed by atoms with E-state index in [4.69, 9.17) is 9.47 Å². The lowest BCUT2D eigenvalue weighted by Crippen LogP contribution is -2.51. The van der Waals surface area contributed by atoms with Crippen LogP contribution in [0, 0.1) is 5.82 Å². The number of ether oxygens (including phenoxy) is 2. The lowest BCUT2D eigenvalue weighted by molar-refractivity contribution is -0.0260. The normalized spacial score (nSPS) is 26.2. The fourth-order valence-corrected chi connectivity index (χ4v) is 3.06. The Morgan fingerprint density at radius 2 is 2.25 bits per heavy atom. The molecule has 2 bridgehead atoms. The van der Waals surface area contributed by atoms with Crippen LogP contribution < -0.4 is 4.74 Å². The van der Waals surface area contributed by atoms with E-state index in [-0.39, 0.29) is 5.82 Å².